The molecule has 0 aliphatic carbocycles. The van der Waals surface area contributed by atoms with Gasteiger partial charge in [-0.1, -0.05) is 36.4 Å². The van der Waals surface area contributed by atoms with Crippen LogP contribution in [0.1, 0.15) is 73.5 Å². The second kappa shape index (κ2) is 15.9. The Labute approximate surface area is 375 Å². The van der Waals surface area contributed by atoms with E-state index in [1.54, 1.807) is 23.9 Å². The van der Waals surface area contributed by atoms with Gasteiger partial charge in [-0.05, 0) is 89.1 Å². The average Bonchev–Trinajstić information content (AvgIpc) is 4.11. The molecule has 11 rings (SSSR count). The minimum absolute atomic E-state index is 0. The Morgan fingerprint density at radius 3 is 2.09 bits per heavy atom. The van der Waals surface area contributed by atoms with E-state index in [1.165, 1.54) is 0 Å². The predicted octanol–water partition coefficient (Wildman–Crippen LogP) is 8.53. The SMILES string of the molecule is Cc1cccc(C)c1OC1=CN(C(C)C)C2OC2C=C1c1cn(C)c(=O)c2[nH]ccc12.Cc1cccc(C)c1Oc1cn(C2CN(C)C2)c(=O)cc1C1=CN(C)C2OC2c2[nH]ccc21.[HH].[HH]. The van der Waals surface area contributed by atoms with Crippen molar-refractivity contribution in [3.8, 4) is 17.2 Å². The number of rotatable bonds is 8. The predicted molar refractivity (Wildman–Crippen MR) is 252 cm³/mol. The number of hydrogen-bond donors (Lipinski definition) is 2. The lowest BCUT2D eigenvalue weighted by Crippen LogP contribution is -2.47. The van der Waals surface area contributed by atoms with E-state index in [2.05, 4.69) is 90.0 Å². The topological polar surface area (TPSA) is 129 Å². The van der Waals surface area contributed by atoms with E-state index >= 15 is 0 Å². The number of allylic oxidation sites excluding steroid dienone is 1. The van der Waals surface area contributed by atoms with Gasteiger partial charge in [0.1, 0.15) is 29.2 Å². The normalized spacial score (nSPS) is 21.3. The van der Waals surface area contributed by atoms with Gasteiger partial charge in [-0.25, -0.2) is 0 Å². The molecule has 5 aliphatic rings. The molecule has 64 heavy (non-hydrogen) atoms. The highest BCUT2D eigenvalue weighted by Gasteiger charge is 2.48. The molecule has 3 saturated heterocycles. The third-order valence-corrected chi connectivity index (χ3v) is 13.0. The molecule has 0 bridgehead atoms. The number of H-pyrrole nitrogens is 2. The molecule has 2 aromatic carbocycles. The fourth-order valence-corrected chi connectivity index (χ4v) is 9.36. The van der Waals surface area contributed by atoms with Gasteiger partial charge < -0.3 is 52.7 Å². The molecule has 5 aliphatic heterocycles. The van der Waals surface area contributed by atoms with Gasteiger partial charge in [0.2, 0.25) is 0 Å². The van der Waals surface area contributed by atoms with Crippen LogP contribution in [0.25, 0.3) is 22.0 Å². The minimum Gasteiger partial charge on any atom is -0.455 e. The zero-order chi connectivity index (χ0) is 44.7. The summed E-state index contributed by atoms with van der Waals surface area (Å²) >= 11 is 0. The number of aromatic amines is 2. The van der Waals surface area contributed by atoms with Gasteiger partial charge in [-0.3, -0.25) is 9.59 Å². The summed E-state index contributed by atoms with van der Waals surface area (Å²) in [5.74, 6) is 3.13. The standard InChI is InChI=1S/C26H28N4O3.C25H27N3O3.2H2/c1-15-6-5-7-16(2)24(15)32-21-14-30(17-11-28(3)12-17)22(31)10-19(21)20-13-29(4)26-25(33-26)23-18(20)8-9-27-23;1-14(2)28-13-21(30-23-15(3)7-6-8-16(23)4)18(11-20-25(28)31-20)19-12-27(5)24(29)22-17(19)9-10-26-22;;/h5-10,13-14,17,25-27H,11-12H2,1-4H3;6-14,20,25-26H,1-5H3;2*1H. The van der Waals surface area contributed by atoms with Crippen molar-refractivity contribution in [3.05, 3.63) is 169 Å². The van der Waals surface area contributed by atoms with Crippen molar-refractivity contribution in [2.75, 3.05) is 27.2 Å². The Morgan fingerprint density at radius 1 is 0.750 bits per heavy atom. The van der Waals surface area contributed by atoms with Crippen molar-refractivity contribution >= 4 is 22.0 Å². The molecule has 4 atom stereocenters. The number of fused-ring (bicyclic) bond motifs is 5. The summed E-state index contributed by atoms with van der Waals surface area (Å²) in [5.41, 5.74) is 10.5. The molecule has 4 unspecified atom stereocenters. The van der Waals surface area contributed by atoms with Crippen LogP contribution in [0.15, 0.2) is 113 Å². The first-order valence-corrected chi connectivity index (χ1v) is 22.0. The smallest absolute Gasteiger partial charge is 0.274 e. The summed E-state index contributed by atoms with van der Waals surface area (Å²) in [6, 6.07) is 18.4. The van der Waals surface area contributed by atoms with Gasteiger partial charge in [-0.2, -0.15) is 0 Å². The van der Waals surface area contributed by atoms with E-state index in [1.807, 2.05) is 80.5 Å². The number of hydrogen-bond acceptors (Lipinski definition) is 9. The molecule has 0 radical (unpaired) electrons. The van der Waals surface area contributed by atoms with Crippen molar-refractivity contribution < 1.29 is 21.8 Å². The van der Waals surface area contributed by atoms with Gasteiger partial charge >= 0.3 is 0 Å². The van der Waals surface area contributed by atoms with Gasteiger partial charge in [0.15, 0.2) is 24.0 Å². The summed E-state index contributed by atoms with van der Waals surface area (Å²) < 4.78 is 28.4. The molecule has 0 saturated carbocycles. The quantitative estimate of drug-likeness (QED) is 0.145. The Balaban J connectivity index is 0.000000175. The lowest BCUT2D eigenvalue weighted by Gasteiger charge is -2.37. The van der Waals surface area contributed by atoms with Crippen molar-refractivity contribution in [2.24, 2.45) is 7.05 Å². The highest BCUT2D eigenvalue weighted by molar-refractivity contribution is 5.95. The monoisotopic (exact) mass is 865 g/mol. The zero-order valence-corrected chi connectivity index (χ0v) is 37.8. The number of nitrogens with zero attached hydrogens (tertiary/aromatic N) is 5. The Morgan fingerprint density at radius 2 is 1.42 bits per heavy atom. The molecule has 2 N–H and O–H groups in total. The van der Waals surface area contributed by atoms with Crippen molar-refractivity contribution in [1.29, 1.82) is 0 Å². The van der Waals surface area contributed by atoms with Crippen LogP contribution in [-0.2, 0) is 16.5 Å². The highest BCUT2D eigenvalue weighted by Crippen LogP contribution is 2.48. The van der Waals surface area contributed by atoms with Gasteiger partial charge in [0.05, 0.1) is 17.9 Å². The first-order valence-electron chi connectivity index (χ1n) is 22.0. The number of likely N-dealkylation sites (tertiary alicyclic amines) is 1. The Kier molecular flexibility index (Phi) is 10.3. The number of nitrogens with one attached hydrogen (secondary N) is 2. The number of aromatic nitrogens is 4. The molecule has 334 valence electrons. The fourth-order valence-electron chi connectivity index (χ4n) is 9.36. The number of epoxide rings is 2. The van der Waals surface area contributed by atoms with Crippen molar-refractivity contribution in [1.82, 2.24) is 33.8 Å². The van der Waals surface area contributed by atoms with Crippen LogP contribution in [0.5, 0.6) is 17.2 Å². The molecule has 0 amide bonds. The third-order valence-electron chi connectivity index (χ3n) is 13.0. The molecule has 0 spiro atoms. The van der Waals surface area contributed by atoms with Crippen LogP contribution in [0, 0.1) is 27.7 Å². The summed E-state index contributed by atoms with van der Waals surface area (Å²) in [7, 11) is 5.85. The fraction of sp³-hybridized carbons (Fsp3) is 0.333. The molecular formula is C51H59N7O6. The van der Waals surface area contributed by atoms with E-state index in [-0.39, 0.29) is 50.7 Å². The summed E-state index contributed by atoms with van der Waals surface area (Å²) in [6.07, 6.45) is 13.8. The molecule has 13 heteroatoms. The molecule has 13 nitrogen and oxygen atoms in total. The van der Waals surface area contributed by atoms with E-state index in [0.29, 0.717) is 11.3 Å². The third kappa shape index (κ3) is 7.36. The molecular weight excluding hydrogens is 807 g/mol. The van der Waals surface area contributed by atoms with E-state index in [4.69, 9.17) is 18.9 Å². The molecule has 6 aromatic rings. The van der Waals surface area contributed by atoms with E-state index in [9.17, 15) is 9.59 Å². The van der Waals surface area contributed by atoms with Crippen LogP contribution in [0.2, 0.25) is 0 Å². The first kappa shape index (κ1) is 41.5. The van der Waals surface area contributed by atoms with Gasteiger partial charge in [-0.15, -0.1) is 0 Å². The van der Waals surface area contributed by atoms with Crippen molar-refractivity contribution in [2.45, 2.75) is 78.3 Å². The maximum absolute atomic E-state index is 13.3. The maximum Gasteiger partial charge on any atom is 0.274 e. The first-order chi connectivity index (χ1) is 30.7. The summed E-state index contributed by atoms with van der Waals surface area (Å²) in [6.45, 7) is 14.2. The summed E-state index contributed by atoms with van der Waals surface area (Å²) in [5, 5.41) is 0.876. The lowest BCUT2D eigenvalue weighted by molar-refractivity contribution is 0.137. The van der Waals surface area contributed by atoms with Crippen LogP contribution >= 0.6 is 0 Å². The number of benzene rings is 2. The van der Waals surface area contributed by atoms with Crippen LogP contribution < -0.4 is 20.6 Å². The lowest BCUT2D eigenvalue weighted by atomic mass is 9.98. The average molecular weight is 866 g/mol. The maximum atomic E-state index is 13.3. The van der Waals surface area contributed by atoms with Crippen LogP contribution in [-0.4, -0.2) is 85.6 Å². The second-order valence-corrected chi connectivity index (χ2v) is 18.1. The number of pyridine rings is 2. The van der Waals surface area contributed by atoms with Crippen LogP contribution in [0.4, 0.5) is 0 Å². The summed E-state index contributed by atoms with van der Waals surface area (Å²) in [4.78, 5) is 38.8. The van der Waals surface area contributed by atoms with Gasteiger partial charge in [0.25, 0.3) is 11.1 Å². The molecule has 3 fully saturated rings. The van der Waals surface area contributed by atoms with Crippen molar-refractivity contribution in [3.63, 3.8) is 0 Å². The number of likely N-dealkylation sites (N-methyl/N-ethyl adjacent to an activating group) is 2. The van der Waals surface area contributed by atoms with E-state index < -0.39 is 0 Å². The highest BCUT2D eigenvalue weighted by atomic mass is 16.6. The Hall–Kier alpha value is -6.54. The number of aryl methyl sites for hydroxylation is 5. The largest absolute Gasteiger partial charge is 0.455 e. The second-order valence-electron chi connectivity index (χ2n) is 18.1. The zero-order valence-electron chi connectivity index (χ0n) is 37.8. The Bertz CT molecular complexity index is 3010. The molecule has 4 aromatic heterocycles. The van der Waals surface area contributed by atoms with E-state index in [0.717, 1.165) is 91.5 Å². The minimum atomic E-state index is -0.0523. The number of ether oxygens (including phenoxy) is 4. The van der Waals surface area contributed by atoms with Crippen LogP contribution in [0.3, 0.4) is 0 Å². The van der Waals surface area contributed by atoms with Gasteiger partial charge in [0, 0.05) is 106 Å². The number of para-hydroxylation sites is 2. The molecule has 9 heterocycles.